The highest BCUT2D eigenvalue weighted by Gasteiger charge is 2.44. The predicted molar refractivity (Wildman–Crippen MR) is 90.3 cm³/mol. The molecule has 1 atom stereocenters. The van der Waals surface area contributed by atoms with E-state index in [1.165, 1.54) is 4.90 Å². The Morgan fingerprint density at radius 2 is 1.64 bits per heavy atom. The number of halogens is 4. The van der Waals surface area contributed by atoms with Crippen LogP contribution < -0.4 is 5.32 Å². The first-order valence-electron chi connectivity index (χ1n) is 7.92. The average Bonchev–Trinajstić information content (AvgIpc) is 2.94. The number of rotatable bonds is 2. The maximum absolute atomic E-state index is 13.2. The Hall–Kier alpha value is -1.44. The molecular formula is C16H17Cl2F2N3O2. The second kappa shape index (κ2) is 7.05. The summed E-state index contributed by atoms with van der Waals surface area (Å²) >= 11 is 12.1. The Morgan fingerprint density at radius 3 is 2.16 bits per heavy atom. The molecule has 2 saturated heterocycles. The average molecular weight is 392 g/mol. The Balaban J connectivity index is 1.60. The molecule has 25 heavy (non-hydrogen) atoms. The number of carbonyl (C=O) groups excluding carboxylic acids is 2. The lowest BCUT2D eigenvalue weighted by molar-refractivity contribution is -0.135. The molecule has 3 rings (SSSR count). The number of hydrogen-bond acceptors (Lipinski definition) is 3. The SMILES string of the molecule is O=C(c1c(Cl)cccc1Cl)N1CCN(C(=O)C2CC(F)(F)CN2)CC1. The third-order valence-electron chi connectivity index (χ3n) is 4.46. The molecule has 136 valence electrons. The monoisotopic (exact) mass is 391 g/mol. The van der Waals surface area contributed by atoms with Crippen molar-refractivity contribution in [2.45, 2.75) is 18.4 Å². The van der Waals surface area contributed by atoms with Crippen LogP contribution in [0.15, 0.2) is 18.2 Å². The van der Waals surface area contributed by atoms with Crippen molar-refractivity contribution in [1.29, 1.82) is 0 Å². The van der Waals surface area contributed by atoms with Gasteiger partial charge in [-0.2, -0.15) is 0 Å². The van der Waals surface area contributed by atoms with Crippen LogP contribution in [0.3, 0.4) is 0 Å². The molecule has 1 aromatic rings. The molecule has 5 nitrogen and oxygen atoms in total. The van der Waals surface area contributed by atoms with E-state index in [0.717, 1.165) is 0 Å². The molecular weight excluding hydrogens is 375 g/mol. The van der Waals surface area contributed by atoms with Crippen molar-refractivity contribution in [2.75, 3.05) is 32.7 Å². The zero-order valence-corrected chi connectivity index (χ0v) is 14.8. The number of nitrogens with one attached hydrogen (secondary N) is 1. The Labute approximate surface area is 153 Å². The van der Waals surface area contributed by atoms with Crippen LogP contribution in [0.25, 0.3) is 0 Å². The summed E-state index contributed by atoms with van der Waals surface area (Å²) < 4.78 is 26.5. The summed E-state index contributed by atoms with van der Waals surface area (Å²) in [4.78, 5) is 28.0. The summed E-state index contributed by atoms with van der Waals surface area (Å²) in [6.45, 7) is 0.699. The normalized spacial score (nSPS) is 23.0. The van der Waals surface area contributed by atoms with Gasteiger partial charge in [0.1, 0.15) is 0 Å². The maximum atomic E-state index is 13.2. The first kappa shape index (κ1) is 18.4. The van der Waals surface area contributed by atoms with Gasteiger partial charge in [0.25, 0.3) is 11.8 Å². The zero-order valence-electron chi connectivity index (χ0n) is 13.3. The number of amides is 2. The van der Waals surface area contributed by atoms with E-state index in [-0.39, 0.29) is 40.5 Å². The molecule has 0 radical (unpaired) electrons. The van der Waals surface area contributed by atoms with E-state index in [0.29, 0.717) is 13.1 Å². The van der Waals surface area contributed by atoms with Gasteiger partial charge in [0, 0.05) is 32.6 Å². The number of benzene rings is 1. The molecule has 9 heteroatoms. The van der Waals surface area contributed by atoms with Crippen molar-refractivity contribution in [3.8, 4) is 0 Å². The van der Waals surface area contributed by atoms with Crippen LogP contribution in [0.5, 0.6) is 0 Å². The van der Waals surface area contributed by atoms with Crippen LogP contribution in [-0.2, 0) is 4.79 Å². The molecule has 2 fully saturated rings. The van der Waals surface area contributed by atoms with Gasteiger partial charge < -0.3 is 9.80 Å². The smallest absolute Gasteiger partial charge is 0.262 e. The molecule has 2 heterocycles. The fourth-order valence-corrected chi connectivity index (χ4v) is 3.66. The minimum Gasteiger partial charge on any atom is -0.338 e. The molecule has 0 spiro atoms. The number of carbonyl (C=O) groups is 2. The van der Waals surface area contributed by atoms with Gasteiger partial charge in [-0.15, -0.1) is 0 Å². The second-order valence-electron chi connectivity index (χ2n) is 6.21. The molecule has 0 saturated carbocycles. The molecule has 2 amide bonds. The Kier molecular flexibility index (Phi) is 5.18. The van der Waals surface area contributed by atoms with Crippen LogP contribution in [0, 0.1) is 0 Å². The van der Waals surface area contributed by atoms with Crippen LogP contribution in [0.2, 0.25) is 10.0 Å². The van der Waals surface area contributed by atoms with E-state index >= 15 is 0 Å². The fraction of sp³-hybridized carbons (Fsp3) is 0.500. The molecule has 2 aliphatic heterocycles. The molecule has 0 aliphatic carbocycles. The molecule has 0 aromatic heterocycles. The molecule has 1 N–H and O–H groups in total. The molecule has 2 aliphatic rings. The molecule has 1 aromatic carbocycles. The first-order valence-corrected chi connectivity index (χ1v) is 8.67. The summed E-state index contributed by atoms with van der Waals surface area (Å²) in [5, 5.41) is 3.11. The minimum atomic E-state index is -2.85. The summed E-state index contributed by atoms with van der Waals surface area (Å²) in [5.41, 5.74) is 0.239. The van der Waals surface area contributed by atoms with Crippen LogP contribution >= 0.6 is 23.2 Å². The summed E-state index contributed by atoms with van der Waals surface area (Å²) in [5.74, 6) is -3.49. The first-order chi connectivity index (χ1) is 11.8. The highest BCUT2D eigenvalue weighted by atomic mass is 35.5. The maximum Gasteiger partial charge on any atom is 0.262 e. The topological polar surface area (TPSA) is 52.7 Å². The van der Waals surface area contributed by atoms with Gasteiger partial charge in [-0.25, -0.2) is 8.78 Å². The summed E-state index contributed by atoms with van der Waals surface area (Å²) in [6, 6.07) is 3.97. The van der Waals surface area contributed by atoms with E-state index in [1.54, 1.807) is 23.1 Å². The van der Waals surface area contributed by atoms with Crippen molar-refractivity contribution in [1.82, 2.24) is 15.1 Å². The summed E-state index contributed by atoms with van der Waals surface area (Å²) in [6.07, 6.45) is -0.486. The second-order valence-corrected chi connectivity index (χ2v) is 7.02. The van der Waals surface area contributed by atoms with Crippen molar-refractivity contribution < 1.29 is 18.4 Å². The molecule has 1 unspecified atom stereocenters. The minimum absolute atomic E-state index is 0.239. The summed E-state index contributed by atoms with van der Waals surface area (Å²) in [7, 11) is 0. The largest absolute Gasteiger partial charge is 0.338 e. The predicted octanol–water partition coefficient (Wildman–Crippen LogP) is 2.27. The number of hydrogen-bond donors (Lipinski definition) is 1. The van der Waals surface area contributed by atoms with Crippen molar-refractivity contribution in [2.24, 2.45) is 0 Å². The lowest BCUT2D eigenvalue weighted by Crippen LogP contribution is -2.54. The van der Waals surface area contributed by atoms with Crippen LogP contribution in [0.1, 0.15) is 16.8 Å². The van der Waals surface area contributed by atoms with Gasteiger partial charge in [-0.3, -0.25) is 14.9 Å². The zero-order chi connectivity index (χ0) is 18.2. The van der Waals surface area contributed by atoms with E-state index in [4.69, 9.17) is 23.2 Å². The van der Waals surface area contributed by atoms with Crippen molar-refractivity contribution in [3.05, 3.63) is 33.8 Å². The van der Waals surface area contributed by atoms with Gasteiger partial charge in [-0.1, -0.05) is 29.3 Å². The number of piperazine rings is 1. The van der Waals surface area contributed by atoms with E-state index in [2.05, 4.69) is 5.32 Å². The third kappa shape index (κ3) is 3.88. The van der Waals surface area contributed by atoms with Gasteiger partial charge in [0.15, 0.2) is 0 Å². The van der Waals surface area contributed by atoms with E-state index < -0.39 is 24.9 Å². The standard InChI is InChI=1S/C16H17Cl2F2N3O2/c17-10-2-1-3-11(18)13(10)15(25)23-6-4-22(5-7-23)14(24)12-8-16(19,20)9-21-12/h1-3,12,21H,4-9H2. The molecule has 0 bridgehead atoms. The van der Waals surface area contributed by atoms with Crippen molar-refractivity contribution >= 4 is 35.0 Å². The van der Waals surface area contributed by atoms with Gasteiger partial charge in [0.05, 0.1) is 28.2 Å². The van der Waals surface area contributed by atoms with Crippen molar-refractivity contribution in [3.63, 3.8) is 0 Å². The van der Waals surface area contributed by atoms with Gasteiger partial charge >= 0.3 is 0 Å². The highest BCUT2D eigenvalue weighted by molar-refractivity contribution is 6.39. The third-order valence-corrected chi connectivity index (χ3v) is 5.09. The van der Waals surface area contributed by atoms with E-state index in [9.17, 15) is 18.4 Å². The Bertz CT molecular complexity index is 674. The fourth-order valence-electron chi connectivity index (χ4n) is 3.10. The lowest BCUT2D eigenvalue weighted by atomic mass is 10.1. The number of nitrogens with zero attached hydrogens (tertiary/aromatic N) is 2. The van der Waals surface area contributed by atoms with Crippen LogP contribution in [0.4, 0.5) is 8.78 Å². The van der Waals surface area contributed by atoms with Gasteiger partial charge in [-0.05, 0) is 12.1 Å². The van der Waals surface area contributed by atoms with Crippen LogP contribution in [-0.4, -0.2) is 66.3 Å². The van der Waals surface area contributed by atoms with Gasteiger partial charge in [0.2, 0.25) is 5.91 Å². The Morgan fingerprint density at radius 1 is 1.08 bits per heavy atom. The highest BCUT2D eigenvalue weighted by Crippen LogP contribution is 2.28. The quantitative estimate of drug-likeness (QED) is 0.841. The number of alkyl halides is 2. The lowest BCUT2D eigenvalue weighted by Gasteiger charge is -2.36. The van der Waals surface area contributed by atoms with E-state index in [1.807, 2.05) is 0 Å².